The standard InChI is InChI=1S/C20H29N5O4S/c1-3-30(28,29)24-11-8-15(9-12-24)22-19-21-13-14-6-7-17(26)25(18(14)23-19)16-5-4-10-20(16,2)27/h6-7,13,15-16,27H,3-5,8-12H2,1-2H3,(H,21,22,23)/t16-,20-/m0/s1. The van der Waals surface area contributed by atoms with Crippen molar-refractivity contribution in [3.8, 4) is 0 Å². The molecule has 0 amide bonds. The highest BCUT2D eigenvalue weighted by atomic mass is 32.2. The molecule has 2 aromatic rings. The molecule has 1 aliphatic carbocycles. The first-order valence-corrected chi connectivity index (χ1v) is 12.2. The zero-order chi connectivity index (χ0) is 21.5. The quantitative estimate of drug-likeness (QED) is 0.731. The second-order valence-corrected chi connectivity index (χ2v) is 10.8. The van der Waals surface area contributed by atoms with E-state index in [9.17, 15) is 18.3 Å². The summed E-state index contributed by atoms with van der Waals surface area (Å²) in [5.74, 6) is 0.526. The first-order chi connectivity index (χ1) is 14.2. The van der Waals surface area contributed by atoms with Crippen LogP contribution in [0.5, 0.6) is 0 Å². The smallest absolute Gasteiger partial charge is 0.252 e. The van der Waals surface area contributed by atoms with E-state index in [1.165, 1.54) is 10.4 Å². The van der Waals surface area contributed by atoms with Gasteiger partial charge in [0.1, 0.15) is 5.65 Å². The molecule has 9 nitrogen and oxygen atoms in total. The van der Waals surface area contributed by atoms with Crippen LogP contribution < -0.4 is 10.9 Å². The largest absolute Gasteiger partial charge is 0.388 e. The molecule has 4 rings (SSSR count). The molecule has 1 saturated carbocycles. The van der Waals surface area contributed by atoms with E-state index in [0.717, 1.165) is 18.2 Å². The Kier molecular flexibility index (Phi) is 5.58. The minimum atomic E-state index is -3.16. The molecule has 0 spiro atoms. The SMILES string of the molecule is CCS(=O)(=O)N1CCC(Nc2ncc3ccc(=O)n([C@H]4CCC[C@]4(C)O)c3n2)CC1. The van der Waals surface area contributed by atoms with E-state index in [1.807, 2.05) is 0 Å². The van der Waals surface area contributed by atoms with Crippen molar-refractivity contribution >= 4 is 27.0 Å². The van der Waals surface area contributed by atoms with Crippen LogP contribution in [0.25, 0.3) is 11.0 Å². The molecule has 10 heteroatoms. The summed E-state index contributed by atoms with van der Waals surface area (Å²) in [6, 6.07) is 2.94. The molecule has 0 aromatic carbocycles. The van der Waals surface area contributed by atoms with Crippen molar-refractivity contribution < 1.29 is 13.5 Å². The van der Waals surface area contributed by atoms with Gasteiger partial charge in [-0.05, 0) is 52.0 Å². The Morgan fingerprint density at radius 3 is 2.63 bits per heavy atom. The van der Waals surface area contributed by atoms with Crippen LogP contribution in [0.1, 0.15) is 52.0 Å². The average molecular weight is 436 g/mol. The number of pyridine rings is 1. The zero-order valence-corrected chi connectivity index (χ0v) is 18.2. The summed E-state index contributed by atoms with van der Waals surface area (Å²) in [5, 5.41) is 14.8. The second-order valence-electron chi connectivity index (χ2n) is 8.50. The molecule has 164 valence electrons. The lowest BCUT2D eigenvalue weighted by Gasteiger charge is -2.31. The van der Waals surface area contributed by atoms with Crippen molar-refractivity contribution in [3.05, 3.63) is 28.7 Å². The Morgan fingerprint density at radius 1 is 1.27 bits per heavy atom. The first kappa shape index (κ1) is 21.2. The van der Waals surface area contributed by atoms with Gasteiger partial charge in [-0.15, -0.1) is 0 Å². The van der Waals surface area contributed by atoms with Crippen LogP contribution >= 0.6 is 0 Å². The Labute approximate surface area is 176 Å². The number of anilines is 1. The van der Waals surface area contributed by atoms with Crippen LogP contribution in [0.2, 0.25) is 0 Å². The molecular weight excluding hydrogens is 406 g/mol. The van der Waals surface area contributed by atoms with Gasteiger partial charge < -0.3 is 10.4 Å². The predicted octanol–water partition coefficient (Wildman–Crippen LogP) is 1.49. The van der Waals surface area contributed by atoms with Gasteiger partial charge in [0, 0.05) is 36.8 Å². The molecular formula is C20H29N5O4S. The van der Waals surface area contributed by atoms with Gasteiger partial charge in [-0.2, -0.15) is 4.98 Å². The summed E-state index contributed by atoms with van der Waals surface area (Å²) in [6.07, 6.45) is 5.25. The number of hydrogen-bond donors (Lipinski definition) is 2. The number of fused-ring (bicyclic) bond motifs is 1. The Bertz CT molecular complexity index is 1090. The van der Waals surface area contributed by atoms with E-state index in [0.29, 0.717) is 43.9 Å². The average Bonchev–Trinajstić information content (AvgIpc) is 3.07. The van der Waals surface area contributed by atoms with Crippen LogP contribution in [-0.4, -0.2) is 62.8 Å². The van der Waals surface area contributed by atoms with Gasteiger partial charge in [0.25, 0.3) is 5.56 Å². The third kappa shape index (κ3) is 3.95. The number of aliphatic hydroxyl groups is 1. The van der Waals surface area contributed by atoms with Crippen molar-refractivity contribution in [2.75, 3.05) is 24.2 Å². The van der Waals surface area contributed by atoms with Crippen molar-refractivity contribution in [1.82, 2.24) is 18.8 Å². The Morgan fingerprint density at radius 2 is 2.00 bits per heavy atom. The molecule has 1 aliphatic heterocycles. The Hall–Kier alpha value is -2.04. The number of nitrogens with one attached hydrogen (secondary N) is 1. The fourth-order valence-electron chi connectivity index (χ4n) is 4.59. The summed E-state index contributed by atoms with van der Waals surface area (Å²) in [6.45, 7) is 4.37. The summed E-state index contributed by atoms with van der Waals surface area (Å²) in [7, 11) is -3.16. The van der Waals surface area contributed by atoms with Crippen molar-refractivity contribution in [2.45, 2.75) is 63.6 Å². The van der Waals surface area contributed by atoms with Crippen LogP contribution in [0.4, 0.5) is 5.95 Å². The van der Waals surface area contributed by atoms with E-state index < -0.39 is 15.6 Å². The number of piperidine rings is 1. The molecule has 2 fully saturated rings. The molecule has 30 heavy (non-hydrogen) atoms. The van der Waals surface area contributed by atoms with Crippen LogP contribution in [0, 0.1) is 0 Å². The van der Waals surface area contributed by atoms with Crippen molar-refractivity contribution in [1.29, 1.82) is 0 Å². The van der Waals surface area contributed by atoms with Gasteiger partial charge in [0.2, 0.25) is 16.0 Å². The highest BCUT2D eigenvalue weighted by Crippen LogP contribution is 2.39. The molecule has 2 atom stereocenters. The lowest BCUT2D eigenvalue weighted by molar-refractivity contribution is 0.0267. The normalized spacial score (nSPS) is 26.3. The molecule has 1 saturated heterocycles. The fourth-order valence-corrected chi connectivity index (χ4v) is 5.72. The maximum absolute atomic E-state index is 12.7. The lowest BCUT2D eigenvalue weighted by Crippen LogP contribution is -2.43. The lowest BCUT2D eigenvalue weighted by atomic mass is 10.00. The van der Waals surface area contributed by atoms with Crippen molar-refractivity contribution in [2.24, 2.45) is 0 Å². The zero-order valence-electron chi connectivity index (χ0n) is 17.4. The third-order valence-corrected chi connectivity index (χ3v) is 8.28. The predicted molar refractivity (Wildman–Crippen MR) is 115 cm³/mol. The summed E-state index contributed by atoms with van der Waals surface area (Å²) in [4.78, 5) is 21.7. The molecule has 2 aliphatic rings. The van der Waals surface area contributed by atoms with Gasteiger partial charge in [-0.3, -0.25) is 9.36 Å². The molecule has 0 unspecified atom stereocenters. The topological polar surface area (TPSA) is 117 Å². The number of sulfonamides is 1. The van der Waals surface area contributed by atoms with E-state index in [2.05, 4.69) is 15.3 Å². The minimum Gasteiger partial charge on any atom is -0.388 e. The van der Waals surface area contributed by atoms with Crippen molar-refractivity contribution in [3.63, 3.8) is 0 Å². The van der Waals surface area contributed by atoms with Crippen LogP contribution in [0.3, 0.4) is 0 Å². The maximum atomic E-state index is 12.7. The summed E-state index contributed by atoms with van der Waals surface area (Å²) < 4.78 is 27.2. The summed E-state index contributed by atoms with van der Waals surface area (Å²) in [5.41, 5.74) is -0.621. The van der Waals surface area contributed by atoms with Gasteiger partial charge in [-0.25, -0.2) is 17.7 Å². The molecule has 2 N–H and O–H groups in total. The molecule has 0 bridgehead atoms. The van der Waals surface area contributed by atoms with E-state index >= 15 is 0 Å². The van der Waals surface area contributed by atoms with Crippen LogP contribution in [0.15, 0.2) is 23.1 Å². The van der Waals surface area contributed by atoms with E-state index in [4.69, 9.17) is 0 Å². The minimum absolute atomic E-state index is 0.0595. The number of rotatable bonds is 5. The first-order valence-electron chi connectivity index (χ1n) is 10.6. The van der Waals surface area contributed by atoms with Gasteiger partial charge >= 0.3 is 0 Å². The van der Waals surface area contributed by atoms with Crippen LogP contribution in [-0.2, 0) is 10.0 Å². The monoisotopic (exact) mass is 435 g/mol. The Balaban J connectivity index is 1.58. The fraction of sp³-hybridized carbons (Fsp3) is 0.650. The molecule has 0 radical (unpaired) electrons. The number of nitrogens with zero attached hydrogens (tertiary/aromatic N) is 4. The number of aromatic nitrogens is 3. The number of hydrogen-bond acceptors (Lipinski definition) is 7. The van der Waals surface area contributed by atoms with E-state index in [1.54, 1.807) is 30.7 Å². The molecule has 2 aromatic heterocycles. The van der Waals surface area contributed by atoms with Gasteiger partial charge in [-0.1, -0.05) is 0 Å². The highest BCUT2D eigenvalue weighted by Gasteiger charge is 2.39. The highest BCUT2D eigenvalue weighted by molar-refractivity contribution is 7.89. The summed E-state index contributed by atoms with van der Waals surface area (Å²) >= 11 is 0. The third-order valence-electron chi connectivity index (χ3n) is 6.40. The molecule has 3 heterocycles. The second kappa shape index (κ2) is 7.90. The van der Waals surface area contributed by atoms with Gasteiger partial charge in [0.05, 0.1) is 17.4 Å². The van der Waals surface area contributed by atoms with E-state index in [-0.39, 0.29) is 23.4 Å². The van der Waals surface area contributed by atoms with Gasteiger partial charge in [0.15, 0.2) is 0 Å². The maximum Gasteiger partial charge on any atom is 0.252 e.